The SMILES string of the molecule is C[C@H](NC(=O)Nc1ccccc1)C(=O)O[C@@H](C)C(=O)NC12CC3CC(CC(C3)C1)C2. The van der Waals surface area contributed by atoms with Crippen LogP contribution in [0.1, 0.15) is 52.4 Å². The molecule has 1 aromatic rings. The van der Waals surface area contributed by atoms with Crippen LogP contribution in [0.3, 0.4) is 0 Å². The monoisotopic (exact) mass is 413 g/mol. The standard InChI is InChI=1S/C23H31N3O4/c1-14(24-22(29)25-19-6-4-3-5-7-19)21(28)30-15(2)20(27)26-23-11-16-8-17(12-23)10-18(9-16)13-23/h3-7,14-18H,8-13H2,1-2H3,(H,26,27)(H2,24,25,29)/t14-,15-,16?,17?,18?,23?/m0/s1. The first-order valence-corrected chi connectivity index (χ1v) is 11.0. The third-order valence-corrected chi connectivity index (χ3v) is 6.82. The zero-order valence-corrected chi connectivity index (χ0v) is 17.6. The second-order valence-corrected chi connectivity index (χ2v) is 9.45. The van der Waals surface area contributed by atoms with Gasteiger partial charge in [-0.2, -0.15) is 0 Å². The van der Waals surface area contributed by atoms with Crippen LogP contribution in [-0.4, -0.2) is 35.6 Å². The van der Waals surface area contributed by atoms with Crippen LogP contribution < -0.4 is 16.0 Å². The number of nitrogens with one attached hydrogen (secondary N) is 3. The summed E-state index contributed by atoms with van der Waals surface area (Å²) in [5.41, 5.74) is 0.505. The molecule has 0 saturated heterocycles. The maximum Gasteiger partial charge on any atom is 0.329 e. The Kier molecular flexibility index (Phi) is 5.71. The first-order chi connectivity index (χ1) is 14.3. The van der Waals surface area contributed by atoms with Gasteiger partial charge in [0.25, 0.3) is 5.91 Å². The molecule has 162 valence electrons. The van der Waals surface area contributed by atoms with Crippen LogP contribution in [0.4, 0.5) is 10.5 Å². The number of carbonyl (C=O) groups is 3. The molecule has 30 heavy (non-hydrogen) atoms. The lowest BCUT2D eigenvalue weighted by Gasteiger charge is -2.57. The molecular formula is C23H31N3O4. The number of benzene rings is 1. The largest absolute Gasteiger partial charge is 0.451 e. The first kappa shape index (κ1) is 20.7. The van der Waals surface area contributed by atoms with E-state index in [1.54, 1.807) is 31.2 Å². The first-order valence-electron chi connectivity index (χ1n) is 11.0. The van der Waals surface area contributed by atoms with E-state index in [1.807, 2.05) is 6.07 Å². The molecule has 3 N–H and O–H groups in total. The normalized spacial score (nSPS) is 30.8. The fourth-order valence-electron chi connectivity index (χ4n) is 5.90. The highest BCUT2D eigenvalue weighted by Gasteiger charge is 2.51. The summed E-state index contributed by atoms with van der Waals surface area (Å²) in [6.45, 7) is 3.13. The van der Waals surface area contributed by atoms with Gasteiger partial charge in [0.2, 0.25) is 0 Å². The number of amides is 3. The molecule has 0 heterocycles. The van der Waals surface area contributed by atoms with Crippen molar-refractivity contribution in [2.75, 3.05) is 5.32 Å². The third-order valence-electron chi connectivity index (χ3n) is 6.82. The Hall–Kier alpha value is -2.57. The van der Waals surface area contributed by atoms with Crippen molar-refractivity contribution >= 4 is 23.6 Å². The predicted octanol–water partition coefficient (Wildman–Crippen LogP) is 3.21. The highest BCUT2D eigenvalue weighted by Crippen LogP contribution is 2.55. The van der Waals surface area contributed by atoms with E-state index < -0.39 is 24.1 Å². The van der Waals surface area contributed by atoms with Crippen molar-refractivity contribution < 1.29 is 19.1 Å². The van der Waals surface area contributed by atoms with Crippen molar-refractivity contribution in [2.24, 2.45) is 17.8 Å². The lowest BCUT2D eigenvalue weighted by molar-refractivity contribution is -0.158. The number of para-hydroxylation sites is 1. The van der Waals surface area contributed by atoms with E-state index in [9.17, 15) is 14.4 Å². The quantitative estimate of drug-likeness (QED) is 0.624. The summed E-state index contributed by atoms with van der Waals surface area (Å²) in [7, 11) is 0. The van der Waals surface area contributed by atoms with Gasteiger partial charge in [-0.05, 0) is 82.3 Å². The number of hydrogen-bond acceptors (Lipinski definition) is 4. The fraction of sp³-hybridized carbons (Fsp3) is 0.609. The summed E-state index contributed by atoms with van der Waals surface area (Å²) in [6.07, 6.45) is 6.14. The molecule has 0 spiro atoms. The molecule has 0 aliphatic heterocycles. The second kappa shape index (κ2) is 8.28. The van der Waals surface area contributed by atoms with Crippen LogP contribution >= 0.6 is 0 Å². The van der Waals surface area contributed by atoms with Crippen LogP contribution in [0, 0.1) is 17.8 Å². The van der Waals surface area contributed by atoms with Crippen LogP contribution in [-0.2, 0) is 14.3 Å². The molecule has 7 heteroatoms. The van der Waals surface area contributed by atoms with Gasteiger partial charge >= 0.3 is 12.0 Å². The predicted molar refractivity (Wildman–Crippen MR) is 113 cm³/mol. The van der Waals surface area contributed by atoms with Crippen molar-refractivity contribution in [3.05, 3.63) is 30.3 Å². The van der Waals surface area contributed by atoms with E-state index in [2.05, 4.69) is 16.0 Å². The van der Waals surface area contributed by atoms with Gasteiger partial charge in [-0.15, -0.1) is 0 Å². The molecular weight excluding hydrogens is 382 g/mol. The number of ether oxygens (including phenoxy) is 1. The maximum atomic E-state index is 12.8. The van der Waals surface area contributed by atoms with Crippen molar-refractivity contribution in [1.82, 2.24) is 10.6 Å². The van der Waals surface area contributed by atoms with Gasteiger partial charge < -0.3 is 20.7 Å². The van der Waals surface area contributed by atoms with Gasteiger partial charge in [0, 0.05) is 11.2 Å². The minimum absolute atomic E-state index is 0.119. The van der Waals surface area contributed by atoms with Crippen molar-refractivity contribution in [3.63, 3.8) is 0 Å². The van der Waals surface area contributed by atoms with Crippen molar-refractivity contribution in [2.45, 2.75) is 70.1 Å². The fourth-order valence-corrected chi connectivity index (χ4v) is 5.90. The molecule has 0 aromatic heterocycles. The van der Waals surface area contributed by atoms with Gasteiger partial charge in [0.15, 0.2) is 6.10 Å². The minimum Gasteiger partial charge on any atom is -0.451 e. The summed E-state index contributed by atoms with van der Waals surface area (Å²) in [5, 5.41) is 8.42. The Labute approximate surface area is 177 Å². The molecule has 4 aliphatic carbocycles. The minimum atomic E-state index is -0.896. The van der Waals surface area contributed by atoms with E-state index in [-0.39, 0.29) is 11.4 Å². The van der Waals surface area contributed by atoms with E-state index in [0.717, 1.165) is 37.0 Å². The summed E-state index contributed by atoms with van der Waals surface area (Å²) in [4.78, 5) is 37.2. The summed E-state index contributed by atoms with van der Waals surface area (Å²) >= 11 is 0. The molecule has 4 bridgehead atoms. The highest BCUT2D eigenvalue weighted by molar-refractivity contribution is 5.93. The summed E-state index contributed by atoms with van der Waals surface area (Å²) < 4.78 is 5.35. The van der Waals surface area contributed by atoms with Crippen LogP contribution in [0.25, 0.3) is 0 Å². The van der Waals surface area contributed by atoms with Gasteiger partial charge in [-0.1, -0.05) is 18.2 Å². The van der Waals surface area contributed by atoms with E-state index in [4.69, 9.17) is 4.74 Å². The molecule has 4 aliphatic rings. The molecule has 0 unspecified atom stereocenters. The van der Waals surface area contributed by atoms with Gasteiger partial charge in [-0.25, -0.2) is 9.59 Å². The third kappa shape index (κ3) is 4.60. The number of rotatable bonds is 6. The Morgan fingerprint density at radius 2 is 1.53 bits per heavy atom. The van der Waals surface area contributed by atoms with E-state index >= 15 is 0 Å². The average molecular weight is 414 g/mol. The van der Waals surface area contributed by atoms with Crippen LogP contribution in [0.15, 0.2) is 30.3 Å². The molecule has 4 saturated carbocycles. The average Bonchev–Trinajstić information content (AvgIpc) is 2.67. The van der Waals surface area contributed by atoms with Crippen LogP contribution in [0.5, 0.6) is 0 Å². The molecule has 4 fully saturated rings. The highest BCUT2D eigenvalue weighted by atomic mass is 16.5. The molecule has 7 nitrogen and oxygen atoms in total. The van der Waals surface area contributed by atoms with Gasteiger partial charge in [-0.3, -0.25) is 4.79 Å². The lowest BCUT2D eigenvalue weighted by atomic mass is 9.53. The van der Waals surface area contributed by atoms with E-state index in [1.165, 1.54) is 26.2 Å². The number of urea groups is 1. The second-order valence-electron chi connectivity index (χ2n) is 9.45. The van der Waals surface area contributed by atoms with Crippen LogP contribution in [0.2, 0.25) is 0 Å². The lowest BCUT2D eigenvalue weighted by Crippen LogP contribution is -2.61. The maximum absolute atomic E-state index is 12.8. The Balaban J connectivity index is 1.25. The van der Waals surface area contributed by atoms with Gasteiger partial charge in [0.05, 0.1) is 0 Å². The zero-order chi connectivity index (χ0) is 21.3. The topological polar surface area (TPSA) is 96.5 Å². The Morgan fingerprint density at radius 1 is 0.967 bits per heavy atom. The molecule has 0 radical (unpaired) electrons. The number of hydrogen-bond donors (Lipinski definition) is 3. The van der Waals surface area contributed by atoms with E-state index in [0.29, 0.717) is 5.69 Å². The number of esters is 1. The number of anilines is 1. The smallest absolute Gasteiger partial charge is 0.329 e. The Morgan fingerprint density at radius 3 is 2.10 bits per heavy atom. The Bertz CT molecular complexity index is 775. The number of carbonyl (C=O) groups excluding carboxylic acids is 3. The van der Waals surface area contributed by atoms with Crippen molar-refractivity contribution in [3.8, 4) is 0 Å². The van der Waals surface area contributed by atoms with Crippen molar-refractivity contribution in [1.29, 1.82) is 0 Å². The molecule has 2 atom stereocenters. The zero-order valence-electron chi connectivity index (χ0n) is 17.6. The molecule has 1 aromatic carbocycles. The molecule has 3 amide bonds. The van der Waals surface area contributed by atoms with Gasteiger partial charge in [0.1, 0.15) is 6.04 Å². The molecule has 5 rings (SSSR count). The summed E-state index contributed by atoms with van der Waals surface area (Å²) in [5.74, 6) is 1.29. The summed E-state index contributed by atoms with van der Waals surface area (Å²) in [6, 6.07) is 7.58.